The second-order valence-electron chi connectivity index (χ2n) is 3.00. The number of amides is 1. The highest BCUT2D eigenvalue weighted by Gasteiger charge is 2.38. The molecule has 1 fully saturated rings. The van der Waals surface area contributed by atoms with Gasteiger partial charge in [-0.1, -0.05) is 0 Å². The fraction of sp³-hybridized carbons (Fsp3) is 0.714. The summed E-state index contributed by atoms with van der Waals surface area (Å²) in [6, 6.07) is -0.888. The molecule has 0 bridgehead atoms. The minimum atomic E-state index is -1.03. The maximum Gasteiger partial charge on any atom is 0.409 e. The molecule has 1 aliphatic heterocycles. The zero-order valence-corrected chi connectivity index (χ0v) is 7.27. The molecule has 1 aliphatic rings. The van der Waals surface area contributed by atoms with Gasteiger partial charge in [-0.25, -0.2) is 4.79 Å². The number of hydrogen-bond acceptors (Lipinski definition) is 4. The molecule has 1 amide bonds. The van der Waals surface area contributed by atoms with Gasteiger partial charge in [0, 0.05) is 19.0 Å². The van der Waals surface area contributed by atoms with Crippen LogP contribution in [-0.4, -0.2) is 48.3 Å². The average Bonchev–Trinajstić information content (AvgIpc) is 2.00. The number of carbonyl (C=O) groups is 2. The van der Waals surface area contributed by atoms with Crippen LogP contribution in [0.2, 0.25) is 0 Å². The average molecular weight is 188 g/mol. The number of likely N-dealkylation sites (tertiary alicyclic amines) is 1. The monoisotopic (exact) mass is 188 g/mol. The van der Waals surface area contributed by atoms with Crippen LogP contribution in [0.5, 0.6) is 0 Å². The Kier molecular flexibility index (Phi) is 2.72. The van der Waals surface area contributed by atoms with Gasteiger partial charge in [0.15, 0.2) is 0 Å². The van der Waals surface area contributed by atoms with E-state index in [1.54, 1.807) is 0 Å². The van der Waals surface area contributed by atoms with Crippen molar-refractivity contribution in [3.63, 3.8) is 0 Å². The number of carboxylic acids is 1. The summed E-state index contributed by atoms with van der Waals surface area (Å²) in [6.45, 7) is 0.723. The van der Waals surface area contributed by atoms with E-state index in [0.29, 0.717) is 13.1 Å². The number of aliphatic carboxylic acids is 1. The first-order valence-corrected chi connectivity index (χ1v) is 3.87. The van der Waals surface area contributed by atoms with Crippen LogP contribution in [0.3, 0.4) is 0 Å². The van der Waals surface area contributed by atoms with Crippen molar-refractivity contribution < 1.29 is 19.4 Å². The van der Waals surface area contributed by atoms with Gasteiger partial charge in [-0.3, -0.25) is 4.79 Å². The molecule has 0 aliphatic carbocycles. The number of hydrogen-bond donors (Lipinski definition) is 2. The summed E-state index contributed by atoms with van der Waals surface area (Å²) in [4.78, 5) is 22.7. The van der Waals surface area contributed by atoms with Gasteiger partial charge < -0.3 is 20.5 Å². The number of ether oxygens (including phenoxy) is 1. The highest BCUT2D eigenvalue weighted by Crippen LogP contribution is 2.18. The van der Waals surface area contributed by atoms with Crippen LogP contribution in [0.4, 0.5) is 4.79 Å². The van der Waals surface area contributed by atoms with Crippen molar-refractivity contribution in [1.29, 1.82) is 0 Å². The van der Waals surface area contributed by atoms with E-state index in [-0.39, 0.29) is 5.92 Å². The zero-order chi connectivity index (χ0) is 10.0. The Morgan fingerprint density at radius 3 is 2.54 bits per heavy atom. The normalized spacial score (nSPS) is 19.1. The largest absolute Gasteiger partial charge is 0.480 e. The Balaban J connectivity index is 2.33. The maximum atomic E-state index is 10.8. The van der Waals surface area contributed by atoms with Crippen LogP contribution in [-0.2, 0) is 9.53 Å². The molecule has 0 saturated carbocycles. The maximum absolute atomic E-state index is 10.8. The molecule has 0 aromatic rings. The van der Waals surface area contributed by atoms with Gasteiger partial charge in [-0.15, -0.1) is 0 Å². The summed E-state index contributed by atoms with van der Waals surface area (Å²) in [5, 5.41) is 8.54. The third-order valence-corrected chi connectivity index (χ3v) is 2.14. The van der Waals surface area contributed by atoms with Gasteiger partial charge in [0.2, 0.25) is 0 Å². The van der Waals surface area contributed by atoms with Crippen LogP contribution < -0.4 is 5.73 Å². The summed E-state index contributed by atoms with van der Waals surface area (Å²) in [6.07, 6.45) is -0.436. The van der Waals surface area contributed by atoms with E-state index in [9.17, 15) is 9.59 Å². The smallest absolute Gasteiger partial charge is 0.409 e. The summed E-state index contributed by atoms with van der Waals surface area (Å²) < 4.78 is 4.44. The number of nitrogens with zero attached hydrogens (tertiary/aromatic N) is 1. The van der Waals surface area contributed by atoms with E-state index >= 15 is 0 Å². The Morgan fingerprint density at radius 1 is 1.62 bits per heavy atom. The first-order valence-electron chi connectivity index (χ1n) is 3.87. The molecule has 1 unspecified atom stereocenters. The molecular weight excluding hydrogens is 176 g/mol. The van der Waals surface area contributed by atoms with E-state index in [1.807, 2.05) is 0 Å². The number of methoxy groups -OCH3 is 1. The molecule has 6 nitrogen and oxygen atoms in total. The van der Waals surface area contributed by atoms with E-state index < -0.39 is 18.1 Å². The Bertz CT molecular complexity index is 225. The standard InChI is InChI=1S/C7H12N2O4/c1-13-7(12)9-2-4(3-9)5(8)6(10)11/h4-5H,2-3,8H2,1H3,(H,10,11). The van der Waals surface area contributed by atoms with Crippen molar-refractivity contribution in [2.24, 2.45) is 11.7 Å². The van der Waals surface area contributed by atoms with Crippen LogP contribution >= 0.6 is 0 Å². The van der Waals surface area contributed by atoms with Crippen molar-refractivity contribution in [3.05, 3.63) is 0 Å². The third-order valence-electron chi connectivity index (χ3n) is 2.14. The lowest BCUT2D eigenvalue weighted by Crippen LogP contribution is -2.58. The first-order chi connectivity index (χ1) is 6.06. The molecule has 1 saturated heterocycles. The molecule has 1 heterocycles. The molecule has 3 N–H and O–H groups in total. The van der Waals surface area contributed by atoms with Crippen LogP contribution in [0.1, 0.15) is 0 Å². The molecule has 6 heteroatoms. The van der Waals surface area contributed by atoms with Crippen molar-refractivity contribution in [2.75, 3.05) is 20.2 Å². The minimum absolute atomic E-state index is 0.156. The minimum Gasteiger partial charge on any atom is -0.480 e. The number of carbonyl (C=O) groups excluding carboxylic acids is 1. The fourth-order valence-corrected chi connectivity index (χ4v) is 1.22. The lowest BCUT2D eigenvalue weighted by molar-refractivity contribution is -0.141. The second-order valence-corrected chi connectivity index (χ2v) is 3.00. The molecule has 74 valence electrons. The quantitative estimate of drug-likeness (QED) is 0.585. The highest BCUT2D eigenvalue weighted by atomic mass is 16.5. The highest BCUT2D eigenvalue weighted by molar-refractivity contribution is 5.75. The molecule has 0 aromatic heterocycles. The van der Waals surface area contributed by atoms with Crippen LogP contribution in [0.25, 0.3) is 0 Å². The number of carboxylic acid groups (broad SMARTS) is 1. The topological polar surface area (TPSA) is 92.9 Å². The van der Waals surface area contributed by atoms with Gasteiger partial charge >= 0.3 is 12.1 Å². The zero-order valence-electron chi connectivity index (χ0n) is 7.27. The molecule has 1 rings (SSSR count). The van der Waals surface area contributed by atoms with E-state index in [1.165, 1.54) is 12.0 Å². The van der Waals surface area contributed by atoms with Crippen LogP contribution in [0.15, 0.2) is 0 Å². The number of nitrogens with two attached hydrogens (primary N) is 1. The van der Waals surface area contributed by atoms with Crippen molar-refractivity contribution in [1.82, 2.24) is 4.90 Å². The van der Waals surface area contributed by atoms with Crippen molar-refractivity contribution in [3.8, 4) is 0 Å². The SMILES string of the molecule is COC(=O)N1CC(C(N)C(=O)O)C1. The van der Waals surface area contributed by atoms with Gasteiger partial charge in [-0.05, 0) is 0 Å². The second kappa shape index (κ2) is 3.61. The Labute approximate surface area is 75.3 Å². The molecule has 0 spiro atoms. The van der Waals surface area contributed by atoms with Gasteiger partial charge in [-0.2, -0.15) is 0 Å². The van der Waals surface area contributed by atoms with Gasteiger partial charge in [0.25, 0.3) is 0 Å². The molecule has 0 radical (unpaired) electrons. The van der Waals surface area contributed by atoms with Gasteiger partial charge in [0.1, 0.15) is 6.04 Å². The lowest BCUT2D eigenvalue weighted by Gasteiger charge is -2.39. The Hall–Kier alpha value is -1.30. The summed E-state index contributed by atoms with van der Waals surface area (Å²) in [7, 11) is 1.28. The van der Waals surface area contributed by atoms with E-state index in [2.05, 4.69) is 4.74 Å². The predicted octanol–water partition coefficient (Wildman–Crippen LogP) is -0.903. The van der Waals surface area contributed by atoms with E-state index in [4.69, 9.17) is 10.8 Å². The first kappa shape index (κ1) is 9.79. The number of rotatable bonds is 2. The predicted molar refractivity (Wildman–Crippen MR) is 43.1 cm³/mol. The molecule has 0 aromatic carbocycles. The fourth-order valence-electron chi connectivity index (χ4n) is 1.22. The summed E-state index contributed by atoms with van der Waals surface area (Å²) in [5.74, 6) is -1.19. The molecule has 1 atom stereocenters. The Morgan fingerprint density at radius 2 is 2.15 bits per heavy atom. The van der Waals surface area contributed by atoms with Crippen molar-refractivity contribution >= 4 is 12.1 Å². The summed E-state index contributed by atoms with van der Waals surface area (Å²) >= 11 is 0. The van der Waals surface area contributed by atoms with Crippen molar-refractivity contribution in [2.45, 2.75) is 6.04 Å². The third kappa shape index (κ3) is 1.89. The lowest BCUT2D eigenvalue weighted by atomic mass is 9.93. The van der Waals surface area contributed by atoms with Gasteiger partial charge in [0.05, 0.1) is 7.11 Å². The molecular formula is C7H12N2O4. The van der Waals surface area contributed by atoms with E-state index in [0.717, 1.165) is 0 Å². The van der Waals surface area contributed by atoms with Crippen LogP contribution in [0, 0.1) is 5.92 Å². The molecule has 13 heavy (non-hydrogen) atoms. The summed E-state index contributed by atoms with van der Waals surface area (Å²) in [5.41, 5.74) is 5.35.